The fourth-order valence-electron chi connectivity index (χ4n) is 1.99. The number of carbonyl (C=O) groups excluding carboxylic acids is 1. The van der Waals surface area contributed by atoms with Crippen molar-refractivity contribution in [1.29, 1.82) is 0 Å². The number of halogens is 1. The molecule has 7 heteroatoms. The number of unbranched alkanes of at least 4 members (excludes halogenated alkanes) is 1. The molecule has 0 fully saturated rings. The van der Waals surface area contributed by atoms with Gasteiger partial charge in [-0.1, -0.05) is 29.3 Å². The molecule has 0 aliphatic rings. The molecule has 0 aliphatic carbocycles. The molecule has 1 aromatic carbocycles. The molecule has 0 spiro atoms. The summed E-state index contributed by atoms with van der Waals surface area (Å²) in [6.45, 7) is 4.44. The zero-order valence-electron chi connectivity index (χ0n) is 13.2. The molecule has 0 bridgehead atoms. The summed E-state index contributed by atoms with van der Waals surface area (Å²) in [4.78, 5) is 11.6. The van der Waals surface area contributed by atoms with Crippen LogP contribution in [0.15, 0.2) is 22.7 Å². The van der Waals surface area contributed by atoms with Crippen LogP contribution in [0.5, 0.6) is 0 Å². The number of hydrogen-bond acceptors (Lipinski definition) is 3. The van der Waals surface area contributed by atoms with Crippen molar-refractivity contribution in [2.24, 2.45) is 0 Å². The number of sulfonamides is 1. The summed E-state index contributed by atoms with van der Waals surface area (Å²) >= 11 is 3.40. The van der Waals surface area contributed by atoms with Gasteiger partial charge in [0.15, 0.2) is 0 Å². The fourth-order valence-corrected chi connectivity index (χ4v) is 3.16. The molecule has 0 saturated carbocycles. The molecular weight excluding hydrogens is 368 g/mol. The van der Waals surface area contributed by atoms with E-state index in [2.05, 4.69) is 21.2 Å². The highest BCUT2D eigenvalue weighted by Gasteiger charge is 2.17. The molecule has 124 valence electrons. The molecule has 1 N–H and O–H groups in total. The van der Waals surface area contributed by atoms with Gasteiger partial charge < -0.3 is 5.32 Å². The van der Waals surface area contributed by atoms with Crippen molar-refractivity contribution in [2.75, 3.05) is 23.7 Å². The minimum atomic E-state index is -3.40. The largest absolute Gasteiger partial charge is 0.354 e. The lowest BCUT2D eigenvalue weighted by molar-refractivity contribution is -0.121. The molecule has 1 amide bonds. The van der Waals surface area contributed by atoms with Crippen LogP contribution in [-0.2, 0) is 14.8 Å². The smallest absolute Gasteiger partial charge is 0.232 e. The predicted octanol–water partition coefficient (Wildman–Crippen LogP) is 2.83. The Labute approximate surface area is 141 Å². The number of benzene rings is 1. The molecule has 22 heavy (non-hydrogen) atoms. The lowest BCUT2D eigenvalue weighted by Crippen LogP contribution is -2.38. The summed E-state index contributed by atoms with van der Waals surface area (Å²) in [5.41, 5.74) is 1.56. The molecule has 0 unspecified atom stereocenters. The molecule has 0 heterocycles. The van der Waals surface area contributed by atoms with Gasteiger partial charge in [-0.05, 0) is 37.1 Å². The Kier molecular flexibility index (Phi) is 7.35. The van der Waals surface area contributed by atoms with Gasteiger partial charge in [-0.15, -0.1) is 0 Å². The van der Waals surface area contributed by atoms with Gasteiger partial charge in [0.25, 0.3) is 0 Å². The highest BCUT2D eigenvalue weighted by atomic mass is 79.9. The lowest BCUT2D eigenvalue weighted by atomic mass is 10.2. The van der Waals surface area contributed by atoms with Gasteiger partial charge in [-0.2, -0.15) is 0 Å². The van der Waals surface area contributed by atoms with Crippen molar-refractivity contribution in [3.05, 3.63) is 28.2 Å². The summed E-state index contributed by atoms with van der Waals surface area (Å²) < 4.78 is 26.2. The number of anilines is 1. The van der Waals surface area contributed by atoms with Gasteiger partial charge in [0, 0.05) is 17.4 Å². The third-order valence-corrected chi connectivity index (χ3v) is 5.31. The second-order valence-electron chi connectivity index (χ2n) is 5.22. The van der Waals surface area contributed by atoms with Crippen molar-refractivity contribution in [3.63, 3.8) is 0 Å². The van der Waals surface area contributed by atoms with Crippen LogP contribution in [-0.4, -0.2) is 33.7 Å². The Morgan fingerprint density at radius 3 is 2.59 bits per heavy atom. The van der Waals surface area contributed by atoms with Crippen LogP contribution in [0.3, 0.4) is 0 Å². The standard InChI is InChI=1S/C15H23BrN2O3S/c1-4-5-6-15(19)17-9-10-18(22(3,20)21)13-7-8-14(16)12(2)11-13/h7-8,11H,4-6,9-10H2,1-3H3,(H,17,19). The maximum atomic E-state index is 12.0. The Balaban J connectivity index is 2.75. The second kappa shape index (κ2) is 8.53. The van der Waals surface area contributed by atoms with E-state index in [9.17, 15) is 13.2 Å². The summed E-state index contributed by atoms with van der Waals surface area (Å²) in [5.74, 6) is -0.0395. The number of rotatable bonds is 8. The summed E-state index contributed by atoms with van der Waals surface area (Å²) in [6, 6.07) is 5.38. The minimum Gasteiger partial charge on any atom is -0.354 e. The highest BCUT2D eigenvalue weighted by Crippen LogP contribution is 2.24. The van der Waals surface area contributed by atoms with Crippen molar-refractivity contribution < 1.29 is 13.2 Å². The van der Waals surface area contributed by atoms with Gasteiger partial charge in [-0.3, -0.25) is 9.10 Å². The number of amides is 1. The molecule has 0 aromatic heterocycles. The molecule has 1 rings (SSSR count). The van der Waals surface area contributed by atoms with E-state index in [0.29, 0.717) is 18.7 Å². The SMILES string of the molecule is CCCCC(=O)NCCN(c1ccc(Br)c(C)c1)S(C)(=O)=O. The van der Waals surface area contributed by atoms with Crippen LogP contribution in [0.25, 0.3) is 0 Å². The third kappa shape index (κ3) is 5.96. The van der Waals surface area contributed by atoms with E-state index in [1.807, 2.05) is 26.0 Å². The Bertz CT molecular complexity index is 617. The van der Waals surface area contributed by atoms with Crippen molar-refractivity contribution in [3.8, 4) is 0 Å². The van der Waals surface area contributed by atoms with E-state index >= 15 is 0 Å². The molecule has 0 saturated heterocycles. The maximum absolute atomic E-state index is 12.0. The topological polar surface area (TPSA) is 66.5 Å². The van der Waals surface area contributed by atoms with Crippen molar-refractivity contribution >= 4 is 37.5 Å². The normalized spacial score (nSPS) is 11.3. The number of aryl methyl sites for hydroxylation is 1. The van der Waals surface area contributed by atoms with Gasteiger partial charge >= 0.3 is 0 Å². The highest BCUT2D eigenvalue weighted by molar-refractivity contribution is 9.10. The van der Waals surface area contributed by atoms with Crippen LogP contribution in [0.4, 0.5) is 5.69 Å². The lowest BCUT2D eigenvalue weighted by Gasteiger charge is -2.23. The Hall–Kier alpha value is -1.08. The number of nitrogens with one attached hydrogen (secondary N) is 1. The van der Waals surface area contributed by atoms with Crippen LogP contribution < -0.4 is 9.62 Å². The van der Waals surface area contributed by atoms with E-state index in [1.54, 1.807) is 6.07 Å². The first-order valence-corrected chi connectivity index (χ1v) is 9.90. The zero-order valence-corrected chi connectivity index (χ0v) is 15.6. The van der Waals surface area contributed by atoms with Gasteiger partial charge in [0.2, 0.25) is 15.9 Å². The molecular formula is C15H23BrN2O3S. The van der Waals surface area contributed by atoms with E-state index < -0.39 is 10.0 Å². The van der Waals surface area contributed by atoms with E-state index in [0.717, 1.165) is 22.9 Å². The van der Waals surface area contributed by atoms with Crippen molar-refractivity contribution in [1.82, 2.24) is 5.32 Å². The van der Waals surface area contributed by atoms with Crippen LogP contribution >= 0.6 is 15.9 Å². The molecule has 0 aliphatic heterocycles. The van der Waals surface area contributed by atoms with Crippen LogP contribution in [0, 0.1) is 6.92 Å². The first-order chi connectivity index (χ1) is 10.3. The number of hydrogen-bond donors (Lipinski definition) is 1. The Morgan fingerprint density at radius 1 is 1.36 bits per heavy atom. The minimum absolute atomic E-state index is 0.0395. The average molecular weight is 391 g/mol. The monoisotopic (exact) mass is 390 g/mol. The van der Waals surface area contributed by atoms with E-state index in [4.69, 9.17) is 0 Å². The third-order valence-electron chi connectivity index (χ3n) is 3.22. The summed E-state index contributed by atoms with van der Waals surface area (Å²) in [5, 5.41) is 2.76. The fraction of sp³-hybridized carbons (Fsp3) is 0.533. The van der Waals surface area contributed by atoms with Gasteiger partial charge in [-0.25, -0.2) is 8.42 Å². The summed E-state index contributed by atoms with van der Waals surface area (Å²) in [7, 11) is -3.40. The average Bonchev–Trinajstić information content (AvgIpc) is 2.43. The molecule has 5 nitrogen and oxygen atoms in total. The summed E-state index contributed by atoms with van der Waals surface area (Å²) in [6.07, 6.45) is 3.45. The van der Waals surface area contributed by atoms with E-state index in [-0.39, 0.29) is 12.5 Å². The Morgan fingerprint density at radius 2 is 2.05 bits per heavy atom. The van der Waals surface area contributed by atoms with Crippen molar-refractivity contribution in [2.45, 2.75) is 33.1 Å². The van der Waals surface area contributed by atoms with Crippen LogP contribution in [0.2, 0.25) is 0 Å². The molecule has 1 aromatic rings. The van der Waals surface area contributed by atoms with Gasteiger partial charge in [0.05, 0.1) is 18.5 Å². The maximum Gasteiger partial charge on any atom is 0.232 e. The quantitative estimate of drug-likeness (QED) is 0.741. The van der Waals surface area contributed by atoms with Crippen LogP contribution in [0.1, 0.15) is 31.7 Å². The first kappa shape index (κ1) is 19.0. The molecule has 0 atom stereocenters. The number of nitrogens with zero attached hydrogens (tertiary/aromatic N) is 1. The second-order valence-corrected chi connectivity index (χ2v) is 7.98. The van der Waals surface area contributed by atoms with Gasteiger partial charge in [0.1, 0.15) is 0 Å². The first-order valence-electron chi connectivity index (χ1n) is 7.26. The zero-order chi connectivity index (χ0) is 16.8. The van der Waals surface area contributed by atoms with E-state index in [1.165, 1.54) is 10.6 Å². The predicted molar refractivity (Wildman–Crippen MR) is 93.6 cm³/mol. The molecule has 0 radical (unpaired) electrons. The number of carbonyl (C=O) groups is 1.